The molecule has 0 aliphatic carbocycles. The van der Waals surface area contributed by atoms with Crippen molar-refractivity contribution in [1.29, 1.82) is 0 Å². The Bertz CT molecular complexity index is 576. The van der Waals surface area contributed by atoms with E-state index in [2.05, 4.69) is 21.2 Å². The van der Waals surface area contributed by atoms with Crippen molar-refractivity contribution >= 4 is 33.8 Å². The van der Waals surface area contributed by atoms with Crippen LogP contribution in [0.3, 0.4) is 0 Å². The van der Waals surface area contributed by atoms with Crippen LogP contribution in [0.25, 0.3) is 0 Å². The molecule has 112 valence electrons. The lowest BCUT2D eigenvalue weighted by atomic mass is 10.0. The molecule has 3 heterocycles. The number of nitrogens with zero attached hydrogens (tertiary/aromatic N) is 2. The standard InChI is InChI=1S/C13H14BrN3O4/c14-10-2-1-9(21-10)12(19)16-5-3-8(4-6-16)17-11(18)7-15-13(17)20/h1-2,8H,3-7H2,(H,15,20). The molecule has 3 rings (SSSR count). The predicted molar refractivity (Wildman–Crippen MR) is 75.6 cm³/mol. The minimum absolute atomic E-state index is 0.0679. The van der Waals surface area contributed by atoms with E-state index in [4.69, 9.17) is 4.42 Å². The zero-order valence-electron chi connectivity index (χ0n) is 11.2. The van der Waals surface area contributed by atoms with Crippen molar-refractivity contribution in [2.24, 2.45) is 0 Å². The highest BCUT2D eigenvalue weighted by Crippen LogP contribution is 2.22. The van der Waals surface area contributed by atoms with Crippen LogP contribution in [0.2, 0.25) is 0 Å². The third-order valence-corrected chi connectivity index (χ3v) is 4.21. The van der Waals surface area contributed by atoms with E-state index < -0.39 is 0 Å². The molecule has 7 nitrogen and oxygen atoms in total. The molecule has 2 aliphatic heterocycles. The lowest BCUT2D eigenvalue weighted by Gasteiger charge is -2.34. The summed E-state index contributed by atoms with van der Waals surface area (Å²) in [6.45, 7) is 1.07. The third-order valence-electron chi connectivity index (χ3n) is 3.78. The average Bonchev–Trinajstić information content (AvgIpc) is 3.05. The summed E-state index contributed by atoms with van der Waals surface area (Å²) in [5.41, 5.74) is 0. The molecule has 2 saturated heterocycles. The summed E-state index contributed by atoms with van der Waals surface area (Å²) in [4.78, 5) is 38.5. The highest BCUT2D eigenvalue weighted by molar-refractivity contribution is 9.10. The molecule has 21 heavy (non-hydrogen) atoms. The van der Waals surface area contributed by atoms with Gasteiger partial charge in [0.15, 0.2) is 10.4 Å². The fourth-order valence-electron chi connectivity index (χ4n) is 2.72. The fraction of sp³-hybridized carbons (Fsp3) is 0.462. The van der Waals surface area contributed by atoms with Crippen molar-refractivity contribution in [2.75, 3.05) is 19.6 Å². The number of hydrogen-bond donors (Lipinski definition) is 1. The Morgan fingerprint density at radius 3 is 2.52 bits per heavy atom. The van der Waals surface area contributed by atoms with Gasteiger partial charge in [-0.15, -0.1) is 0 Å². The predicted octanol–water partition coefficient (Wildman–Crippen LogP) is 1.20. The van der Waals surface area contributed by atoms with E-state index >= 15 is 0 Å². The molecule has 2 fully saturated rings. The second-order valence-corrected chi connectivity index (χ2v) is 5.83. The number of rotatable bonds is 2. The molecule has 0 aromatic carbocycles. The van der Waals surface area contributed by atoms with E-state index in [-0.39, 0.29) is 36.2 Å². The summed E-state index contributed by atoms with van der Waals surface area (Å²) in [7, 11) is 0. The number of furan rings is 1. The molecule has 1 N–H and O–H groups in total. The maximum atomic E-state index is 12.2. The number of piperidine rings is 1. The molecule has 0 saturated carbocycles. The topological polar surface area (TPSA) is 82.9 Å². The van der Waals surface area contributed by atoms with Gasteiger partial charge in [-0.25, -0.2) is 4.79 Å². The maximum absolute atomic E-state index is 12.2. The minimum atomic E-state index is -0.334. The van der Waals surface area contributed by atoms with Gasteiger partial charge in [-0.3, -0.25) is 14.5 Å². The number of halogens is 1. The molecule has 1 aromatic rings. The number of nitrogens with one attached hydrogen (secondary N) is 1. The van der Waals surface area contributed by atoms with Crippen LogP contribution in [-0.2, 0) is 4.79 Å². The van der Waals surface area contributed by atoms with Gasteiger partial charge in [0.05, 0.1) is 6.54 Å². The van der Waals surface area contributed by atoms with Crippen molar-refractivity contribution in [3.8, 4) is 0 Å². The maximum Gasteiger partial charge on any atom is 0.324 e. The Hall–Kier alpha value is -1.83. The van der Waals surface area contributed by atoms with Gasteiger partial charge < -0.3 is 14.6 Å². The Kier molecular flexibility index (Phi) is 3.71. The zero-order chi connectivity index (χ0) is 15.0. The summed E-state index contributed by atoms with van der Waals surface area (Å²) in [5, 5.41) is 2.52. The van der Waals surface area contributed by atoms with Gasteiger partial charge in [0.25, 0.3) is 5.91 Å². The van der Waals surface area contributed by atoms with Crippen molar-refractivity contribution in [3.63, 3.8) is 0 Å². The summed E-state index contributed by atoms with van der Waals surface area (Å²) in [6, 6.07) is 2.83. The smallest absolute Gasteiger partial charge is 0.324 e. The van der Waals surface area contributed by atoms with Crippen LogP contribution in [0, 0.1) is 0 Å². The summed E-state index contributed by atoms with van der Waals surface area (Å²) >= 11 is 3.17. The van der Waals surface area contributed by atoms with Crippen LogP contribution in [0.15, 0.2) is 21.2 Å². The minimum Gasteiger partial charge on any atom is -0.444 e. The zero-order valence-corrected chi connectivity index (χ0v) is 12.8. The van der Waals surface area contributed by atoms with Crippen molar-refractivity contribution in [3.05, 3.63) is 22.6 Å². The third kappa shape index (κ3) is 2.67. The Morgan fingerprint density at radius 1 is 1.29 bits per heavy atom. The first-order chi connectivity index (χ1) is 10.1. The van der Waals surface area contributed by atoms with E-state index in [1.54, 1.807) is 17.0 Å². The number of carbonyl (C=O) groups excluding carboxylic acids is 3. The molecule has 8 heteroatoms. The fourth-order valence-corrected chi connectivity index (χ4v) is 3.02. The number of likely N-dealkylation sites (tertiary alicyclic amines) is 1. The number of amides is 4. The van der Waals surface area contributed by atoms with Crippen LogP contribution >= 0.6 is 15.9 Å². The first-order valence-electron chi connectivity index (χ1n) is 6.71. The van der Waals surface area contributed by atoms with Gasteiger partial charge in [-0.1, -0.05) is 0 Å². The van der Waals surface area contributed by atoms with Crippen LogP contribution < -0.4 is 5.32 Å². The number of imide groups is 1. The molecule has 0 unspecified atom stereocenters. The van der Waals surface area contributed by atoms with Crippen molar-refractivity contribution in [1.82, 2.24) is 15.1 Å². The number of urea groups is 1. The molecular weight excluding hydrogens is 342 g/mol. The summed E-state index contributed by atoms with van der Waals surface area (Å²) in [5.74, 6) is -0.0774. The first kappa shape index (κ1) is 14.1. The van der Waals surface area contributed by atoms with Gasteiger partial charge in [0, 0.05) is 19.1 Å². The SMILES string of the molecule is O=C(c1ccc(Br)o1)N1CCC(N2C(=O)CNC2=O)CC1. The van der Waals surface area contributed by atoms with Crippen LogP contribution in [0.5, 0.6) is 0 Å². The van der Waals surface area contributed by atoms with Gasteiger partial charge >= 0.3 is 6.03 Å². The van der Waals surface area contributed by atoms with Crippen LogP contribution in [0.1, 0.15) is 23.4 Å². The van der Waals surface area contributed by atoms with E-state index in [9.17, 15) is 14.4 Å². The Balaban J connectivity index is 1.61. The van der Waals surface area contributed by atoms with E-state index in [1.165, 1.54) is 4.90 Å². The van der Waals surface area contributed by atoms with Crippen molar-refractivity contribution in [2.45, 2.75) is 18.9 Å². The van der Waals surface area contributed by atoms with Crippen LogP contribution in [-0.4, -0.2) is 53.3 Å². The van der Waals surface area contributed by atoms with E-state index in [1.807, 2.05) is 0 Å². The number of hydrogen-bond acceptors (Lipinski definition) is 4. The van der Waals surface area contributed by atoms with Gasteiger partial charge in [0.2, 0.25) is 5.91 Å². The second kappa shape index (κ2) is 5.51. The highest BCUT2D eigenvalue weighted by atomic mass is 79.9. The largest absolute Gasteiger partial charge is 0.444 e. The number of carbonyl (C=O) groups is 3. The molecule has 0 bridgehead atoms. The molecule has 0 atom stereocenters. The van der Waals surface area contributed by atoms with E-state index in [0.29, 0.717) is 30.6 Å². The monoisotopic (exact) mass is 355 g/mol. The Labute approximate surface area is 129 Å². The lowest BCUT2D eigenvalue weighted by Crippen LogP contribution is -2.49. The highest BCUT2D eigenvalue weighted by Gasteiger charge is 2.37. The van der Waals surface area contributed by atoms with Crippen molar-refractivity contribution < 1.29 is 18.8 Å². The molecule has 2 aliphatic rings. The van der Waals surface area contributed by atoms with Gasteiger partial charge in [0.1, 0.15) is 0 Å². The normalized spacial score (nSPS) is 20.0. The molecule has 0 radical (unpaired) electrons. The molecular formula is C13H14BrN3O4. The molecule has 4 amide bonds. The van der Waals surface area contributed by atoms with Gasteiger partial charge in [-0.2, -0.15) is 0 Å². The molecule has 0 spiro atoms. The lowest BCUT2D eigenvalue weighted by molar-refractivity contribution is -0.127. The van der Waals surface area contributed by atoms with E-state index in [0.717, 1.165) is 0 Å². The molecule has 1 aromatic heterocycles. The summed E-state index contributed by atoms with van der Waals surface area (Å²) < 4.78 is 5.77. The van der Waals surface area contributed by atoms with Gasteiger partial charge in [-0.05, 0) is 40.9 Å². The Morgan fingerprint density at radius 2 is 2.00 bits per heavy atom. The first-order valence-corrected chi connectivity index (χ1v) is 7.50. The van der Waals surface area contributed by atoms with Crippen LogP contribution in [0.4, 0.5) is 4.79 Å². The summed E-state index contributed by atoms with van der Waals surface area (Å²) in [6.07, 6.45) is 1.18. The average molecular weight is 356 g/mol. The quantitative estimate of drug-likeness (QED) is 0.808. The second-order valence-electron chi connectivity index (χ2n) is 5.05.